The summed E-state index contributed by atoms with van der Waals surface area (Å²) in [7, 11) is 0. The lowest BCUT2D eigenvalue weighted by molar-refractivity contribution is 0.0958. The first-order valence-corrected chi connectivity index (χ1v) is 8.54. The molecule has 1 aliphatic carbocycles. The van der Waals surface area contributed by atoms with E-state index in [4.69, 9.17) is 23.2 Å². The van der Waals surface area contributed by atoms with Crippen LogP contribution >= 0.6 is 34.5 Å². The van der Waals surface area contributed by atoms with Crippen LogP contribution in [0.15, 0.2) is 24.3 Å². The third-order valence-electron chi connectivity index (χ3n) is 3.67. The third-order valence-corrected chi connectivity index (χ3v) is 5.49. The third kappa shape index (κ3) is 3.42. The van der Waals surface area contributed by atoms with Gasteiger partial charge in [-0.25, -0.2) is 0 Å². The number of benzene rings is 1. The van der Waals surface area contributed by atoms with Crippen molar-refractivity contribution in [2.45, 2.75) is 25.7 Å². The van der Waals surface area contributed by atoms with Gasteiger partial charge in [0, 0.05) is 21.5 Å². The topological polar surface area (TPSA) is 29.1 Å². The van der Waals surface area contributed by atoms with Crippen LogP contribution in [0.3, 0.4) is 0 Å². The minimum absolute atomic E-state index is 0.0134. The Morgan fingerprint density at radius 1 is 1.24 bits per heavy atom. The second kappa shape index (κ2) is 6.39. The highest BCUT2D eigenvalue weighted by molar-refractivity contribution is 7.14. The zero-order chi connectivity index (χ0) is 14.8. The lowest BCUT2D eigenvalue weighted by Crippen LogP contribution is -2.24. The van der Waals surface area contributed by atoms with E-state index >= 15 is 0 Å². The highest BCUT2D eigenvalue weighted by Crippen LogP contribution is 2.30. The molecule has 0 radical (unpaired) electrons. The number of fused-ring (bicyclic) bond motifs is 1. The maximum atomic E-state index is 12.1. The summed E-state index contributed by atoms with van der Waals surface area (Å²) in [6, 6.07) is 7.48. The lowest BCUT2D eigenvalue weighted by atomic mass is 10.1. The van der Waals surface area contributed by atoms with Crippen molar-refractivity contribution in [1.29, 1.82) is 0 Å². The Bertz CT molecular complexity index is 659. The molecule has 0 unspecified atom stereocenters. The van der Waals surface area contributed by atoms with Gasteiger partial charge >= 0.3 is 0 Å². The van der Waals surface area contributed by atoms with Crippen molar-refractivity contribution in [3.63, 3.8) is 0 Å². The molecule has 1 aromatic carbocycles. The SMILES string of the molecule is O=C(NCCc1ccc(Cl)cc1Cl)c1cc2c(s1)CCC2. The number of carbonyl (C=O) groups excluding carboxylic acids is 1. The molecule has 1 amide bonds. The van der Waals surface area contributed by atoms with Crippen LogP contribution in [0, 0.1) is 0 Å². The largest absolute Gasteiger partial charge is 0.351 e. The quantitative estimate of drug-likeness (QED) is 0.871. The van der Waals surface area contributed by atoms with E-state index in [-0.39, 0.29) is 5.91 Å². The minimum Gasteiger partial charge on any atom is -0.351 e. The highest BCUT2D eigenvalue weighted by Gasteiger charge is 2.18. The molecule has 5 heteroatoms. The normalized spacial score (nSPS) is 13.2. The predicted molar refractivity (Wildman–Crippen MR) is 88.8 cm³/mol. The summed E-state index contributed by atoms with van der Waals surface area (Å²) in [5.74, 6) is 0.0134. The zero-order valence-corrected chi connectivity index (χ0v) is 13.7. The molecule has 0 fully saturated rings. The Kier molecular flexibility index (Phi) is 4.53. The van der Waals surface area contributed by atoms with Crippen molar-refractivity contribution in [1.82, 2.24) is 5.32 Å². The molecule has 0 bridgehead atoms. The molecule has 2 nitrogen and oxygen atoms in total. The summed E-state index contributed by atoms with van der Waals surface area (Å²) in [6.07, 6.45) is 4.15. The van der Waals surface area contributed by atoms with Gasteiger partial charge in [-0.3, -0.25) is 4.79 Å². The number of aryl methyl sites for hydroxylation is 2. The van der Waals surface area contributed by atoms with E-state index in [1.807, 2.05) is 18.2 Å². The lowest BCUT2D eigenvalue weighted by Gasteiger charge is -2.06. The maximum absolute atomic E-state index is 12.1. The van der Waals surface area contributed by atoms with Gasteiger partial charge in [0.2, 0.25) is 0 Å². The van der Waals surface area contributed by atoms with Crippen molar-refractivity contribution in [2.75, 3.05) is 6.54 Å². The van der Waals surface area contributed by atoms with Gasteiger partial charge in [-0.15, -0.1) is 11.3 Å². The molecule has 0 aliphatic heterocycles. The highest BCUT2D eigenvalue weighted by atomic mass is 35.5. The number of nitrogens with one attached hydrogen (secondary N) is 1. The van der Waals surface area contributed by atoms with Gasteiger partial charge in [0.05, 0.1) is 4.88 Å². The van der Waals surface area contributed by atoms with Crippen molar-refractivity contribution in [2.24, 2.45) is 0 Å². The summed E-state index contributed by atoms with van der Waals surface area (Å²) in [5.41, 5.74) is 2.35. The fraction of sp³-hybridized carbons (Fsp3) is 0.312. The smallest absolute Gasteiger partial charge is 0.261 e. The fourth-order valence-electron chi connectivity index (χ4n) is 2.56. The van der Waals surface area contributed by atoms with Gasteiger partial charge < -0.3 is 5.32 Å². The summed E-state index contributed by atoms with van der Waals surface area (Å²) in [6.45, 7) is 0.572. The predicted octanol–water partition coefficient (Wildman–Crippen LogP) is 4.52. The average Bonchev–Trinajstić information content (AvgIpc) is 3.02. The monoisotopic (exact) mass is 339 g/mol. The Balaban J connectivity index is 1.56. The molecule has 1 aliphatic rings. The van der Waals surface area contributed by atoms with Crippen LogP contribution in [-0.4, -0.2) is 12.5 Å². The van der Waals surface area contributed by atoms with E-state index < -0.39 is 0 Å². The summed E-state index contributed by atoms with van der Waals surface area (Å²) in [4.78, 5) is 14.3. The van der Waals surface area contributed by atoms with Crippen molar-refractivity contribution >= 4 is 40.4 Å². The van der Waals surface area contributed by atoms with Gasteiger partial charge in [0.15, 0.2) is 0 Å². The fourth-order valence-corrected chi connectivity index (χ4v) is 4.24. The molecule has 2 aromatic rings. The first-order chi connectivity index (χ1) is 10.1. The number of thiophene rings is 1. The Morgan fingerprint density at radius 3 is 2.86 bits per heavy atom. The second-order valence-electron chi connectivity index (χ2n) is 5.15. The van der Waals surface area contributed by atoms with Gasteiger partial charge in [-0.1, -0.05) is 29.3 Å². The molecule has 1 N–H and O–H groups in total. The molecule has 110 valence electrons. The van der Waals surface area contributed by atoms with Crippen LogP contribution in [0.5, 0.6) is 0 Å². The molecule has 21 heavy (non-hydrogen) atoms. The maximum Gasteiger partial charge on any atom is 0.261 e. The number of amides is 1. The molecule has 0 spiro atoms. The van der Waals surface area contributed by atoms with Gasteiger partial charge in [-0.05, 0) is 55.0 Å². The standard InChI is InChI=1S/C16H15Cl2NOS/c17-12-5-4-10(13(18)9-12)6-7-19-16(20)15-8-11-2-1-3-14(11)21-15/h4-5,8-9H,1-3,6-7H2,(H,19,20). The zero-order valence-electron chi connectivity index (χ0n) is 11.4. The molecule has 3 rings (SSSR count). The van der Waals surface area contributed by atoms with Crippen LogP contribution in [0.25, 0.3) is 0 Å². The Morgan fingerprint density at radius 2 is 2.10 bits per heavy atom. The Labute approximate surface area is 138 Å². The van der Waals surface area contributed by atoms with Crippen LogP contribution in [0.2, 0.25) is 10.0 Å². The van der Waals surface area contributed by atoms with E-state index in [0.717, 1.165) is 23.3 Å². The van der Waals surface area contributed by atoms with E-state index in [1.54, 1.807) is 17.4 Å². The molecular formula is C16H15Cl2NOS. The summed E-state index contributed by atoms with van der Waals surface area (Å²) >= 11 is 13.6. The van der Waals surface area contributed by atoms with Gasteiger partial charge in [0.25, 0.3) is 5.91 Å². The molecule has 1 heterocycles. The van der Waals surface area contributed by atoms with E-state index in [1.165, 1.54) is 16.9 Å². The minimum atomic E-state index is 0.0134. The number of halogens is 2. The number of hydrogen-bond acceptors (Lipinski definition) is 2. The van der Waals surface area contributed by atoms with Gasteiger partial charge in [0.1, 0.15) is 0 Å². The molecule has 0 atom stereocenters. The van der Waals surface area contributed by atoms with Crippen molar-refractivity contribution in [3.05, 3.63) is 55.2 Å². The summed E-state index contributed by atoms with van der Waals surface area (Å²) in [5, 5.41) is 4.23. The summed E-state index contributed by atoms with van der Waals surface area (Å²) < 4.78 is 0. The number of hydrogen-bond donors (Lipinski definition) is 1. The second-order valence-corrected chi connectivity index (χ2v) is 7.13. The van der Waals surface area contributed by atoms with Gasteiger partial charge in [-0.2, -0.15) is 0 Å². The van der Waals surface area contributed by atoms with E-state index in [9.17, 15) is 4.79 Å². The first kappa shape index (κ1) is 14.9. The molecule has 0 saturated heterocycles. The Hall–Kier alpha value is -1.03. The van der Waals surface area contributed by atoms with Crippen LogP contribution in [0.1, 0.15) is 32.1 Å². The number of carbonyl (C=O) groups is 1. The van der Waals surface area contributed by atoms with Crippen LogP contribution < -0.4 is 5.32 Å². The van der Waals surface area contributed by atoms with Crippen LogP contribution in [-0.2, 0) is 19.3 Å². The number of rotatable bonds is 4. The molecule has 1 aromatic heterocycles. The van der Waals surface area contributed by atoms with E-state index in [2.05, 4.69) is 5.32 Å². The molecule has 0 saturated carbocycles. The van der Waals surface area contributed by atoms with Crippen molar-refractivity contribution < 1.29 is 4.79 Å². The van der Waals surface area contributed by atoms with Crippen molar-refractivity contribution in [3.8, 4) is 0 Å². The van der Waals surface area contributed by atoms with E-state index in [0.29, 0.717) is 23.0 Å². The first-order valence-electron chi connectivity index (χ1n) is 6.97. The average molecular weight is 340 g/mol. The molecular weight excluding hydrogens is 325 g/mol. The van der Waals surface area contributed by atoms with Crippen LogP contribution in [0.4, 0.5) is 0 Å².